The summed E-state index contributed by atoms with van der Waals surface area (Å²) in [5.74, 6) is 0. The van der Waals surface area contributed by atoms with Crippen molar-refractivity contribution in [3.63, 3.8) is 0 Å². The van der Waals surface area contributed by atoms with Crippen LogP contribution in [0.3, 0.4) is 0 Å². The van der Waals surface area contributed by atoms with Gasteiger partial charge in [0.2, 0.25) is 0 Å². The summed E-state index contributed by atoms with van der Waals surface area (Å²) in [5.41, 5.74) is 8.16. The van der Waals surface area contributed by atoms with Gasteiger partial charge in [0.1, 0.15) is 0 Å². The van der Waals surface area contributed by atoms with Gasteiger partial charge in [-0.1, -0.05) is 54.2 Å². The first-order valence-electron chi connectivity index (χ1n) is 9.76. The predicted octanol–water partition coefficient (Wildman–Crippen LogP) is 6.13. The minimum absolute atomic E-state index is 1.02. The van der Waals surface area contributed by atoms with Crippen molar-refractivity contribution >= 4 is 24.2 Å². The molecule has 0 amide bonds. The molecule has 0 saturated carbocycles. The molecule has 0 aliphatic carbocycles. The van der Waals surface area contributed by atoms with Crippen molar-refractivity contribution in [2.45, 2.75) is 33.5 Å². The van der Waals surface area contributed by atoms with Crippen LogP contribution >= 0.6 is 0 Å². The highest BCUT2D eigenvalue weighted by Gasteiger charge is 2.18. The van der Waals surface area contributed by atoms with Crippen molar-refractivity contribution in [2.75, 3.05) is 0 Å². The van der Waals surface area contributed by atoms with Crippen molar-refractivity contribution < 1.29 is 0 Å². The fraction of sp³-hybridized carbons (Fsp3) is 0.200. The molecule has 2 nitrogen and oxygen atoms in total. The van der Waals surface area contributed by atoms with Gasteiger partial charge >= 0.3 is 0 Å². The summed E-state index contributed by atoms with van der Waals surface area (Å²) in [5, 5.41) is 2.68. The third kappa shape index (κ3) is 3.63. The highest BCUT2D eigenvalue weighted by molar-refractivity contribution is 6.88. The lowest BCUT2D eigenvalue weighted by atomic mass is 9.97. The van der Waals surface area contributed by atoms with Crippen molar-refractivity contribution in [2.24, 2.45) is 0 Å². The molecule has 3 heteroatoms. The van der Waals surface area contributed by atoms with Crippen LogP contribution in [0.15, 0.2) is 67.0 Å². The van der Waals surface area contributed by atoms with Crippen molar-refractivity contribution in [3.05, 3.63) is 78.1 Å². The number of nitrogens with zero attached hydrogens (tertiary/aromatic N) is 2. The summed E-state index contributed by atoms with van der Waals surface area (Å²) in [6.45, 7) is 11.4. The Bertz CT molecular complexity index is 1140. The van der Waals surface area contributed by atoms with E-state index in [-0.39, 0.29) is 0 Å². The first kappa shape index (κ1) is 18.6. The van der Waals surface area contributed by atoms with Crippen LogP contribution in [0.5, 0.6) is 0 Å². The molecule has 0 atom stereocenters. The number of aryl methyl sites for hydroxylation is 2. The van der Waals surface area contributed by atoms with E-state index in [1.165, 1.54) is 38.4 Å². The quantitative estimate of drug-likeness (QED) is 0.399. The van der Waals surface area contributed by atoms with E-state index in [1.54, 1.807) is 0 Å². The third-order valence-corrected chi connectivity index (χ3v) is 7.23. The second kappa shape index (κ2) is 6.99. The normalized spacial score (nSPS) is 11.8. The Kier molecular flexibility index (Phi) is 4.64. The molecule has 0 aliphatic heterocycles. The average Bonchev–Trinajstić information content (AvgIpc) is 2.66. The molecule has 4 rings (SSSR count). The van der Waals surface area contributed by atoms with E-state index in [0.717, 1.165) is 11.2 Å². The molecule has 28 heavy (non-hydrogen) atoms. The minimum atomic E-state index is -1.41. The number of hydrogen-bond acceptors (Lipinski definition) is 2. The molecular formula is C25H26N2Si. The summed E-state index contributed by atoms with van der Waals surface area (Å²) < 4.78 is 0. The number of rotatable bonds is 3. The van der Waals surface area contributed by atoms with Crippen molar-refractivity contribution in [1.29, 1.82) is 0 Å². The first-order valence-corrected chi connectivity index (χ1v) is 13.3. The Hall–Kier alpha value is -2.78. The Morgan fingerprint density at radius 2 is 1.39 bits per heavy atom. The fourth-order valence-electron chi connectivity index (χ4n) is 3.73. The molecule has 2 heterocycles. The summed E-state index contributed by atoms with van der Waals surface area (Å²) in [6, 6.07) is 19.9. The number of aromatic nitrogens is 2. The zero-order chi connectivity index (χ0) is 19.9. The maximum absolute atomic E-state index is 5.04. The summed E-state index contributed by atoms with van der Waals surface area (Å²) in [4.78, 5) is 9.24. The lowest BCUT2D eigenvalue weighted by molar-refractivity contribution is 1.32. The second-order valence-electron chi connectivity index (χ2n) is 8.65. The van der Waals surface area contributed by atoms with Crippen LogP contribution in [-0.4, -0.2) is 18.0 Å². The van der Waals surface area contributed by atoms with Gasteiger partial charge in [-0.2, -0.15) is 0 Å². The summed E-state index contributed by atoms with van der Waals surface area (Å²) in [7, 11) is -1.41. The largest absolute Gasteiger partial charge is 0.265 e. The number of hydrogen-bond donors (Lipinski definition) is 0. The molecule has 2 aromatic heterocycles. The molecule has 0 bridgehead atoms. The van der Waals surface area contributed by atoms with Gasteiger partial charge in [-0.05, 0) is 61.4 Å². The van der Waals surface area contributed by atoms with E-state index >= 15 is 0 Å². The van der Waals surface area contributed by atoms with Gasteiger partial charge in [0.15, 0.2) is 0 Å². The lowest BCUT2D eigenvalue weighted by Gasteiger charge is -2.18. The van der Waals surface area contributed by atoms with Gasteiger partial charge in [-0.3, -0.25) is 4.98 Å². The van der Waals surface area contributed by atoms with Gasteiger partial charge < -0.3 is 0 Å². The molecule has 0 saturated heterocycles. The number of benzene rings is 2. The predicted molar refractivity (Wildman–Crippen MR) is 123 cm³/mol. The van der Waals surface area contributed by atoms with E-state index in [9.17, 15) is 0 Å². The second-order valence-corrected chi connectivity index (χ2v) is 13.7. The van der Waals surface area contributed by atoms with Gasteiger partial charge in [-0.25, -0.2) is 4.98 Å². The molecule has 2 aromatic carbocycles. The van der Waals surface area contributed by atoms with Gasteiger partial charge in [0, 0.05) is 23.3 Å². The first-order chi connectivity index (χ1) is 13.3. The van der Waals surface area contributed by atoms with E-state index in [4.69, 9.17) is 4.98 Å². The highest BCUT2D eigenvalue weighted by Crippen LogP contribution is 2.32. The average molecular weight is 383 g/mol. The van der Waals surface area contributed by atoms with Gasteiger partial charge in [0.05, 0.1) is 19.3 Å². The fourth-order valence-corrected chi connectivity index (χ4v) is 4.89. The molecular weight excluding hydrogens is 356 g/mol. The van der Waals surface area contributed by atoms with Crippen molar-refractivity contribution in [1.82, 2.24) is 9.97 Å². The Morgan fingerprint density at radius 3 is 2.04 bits per heavy atom. The van der Waals surface area contributed by atoms with E-state index in [1.807, 2.05) is 12.4 Å². The smallest absolute Gasteiger partial charge is 0.0776 e. The van der Waals surface area contributed by atoms with Crippen LogP contribution in [0.4, 0.5) is 0 Å². The standard InChI is InChI=1S/C25H26N2Si/c1-17-12-18(2)14-20(13-17)25-16-22(19-8-10-26-11-9-19)23-15-21(28(3,4)5)6-7-24(23)27-25/h6-16H,1-5H3. The maximum Gasteiger partial charge on any atom is 0.0776 e. The zero-order valence-corrected chi connectivity index (χ0v) is 18.2. The van der Waals surface area contributed by atoms with Gasteiger partial charge in [0.25, 0.3) is 0 Å². The molecule has 0 unspecified atom stereocenters. The molecule has 0 spiro atoms. The molecule has 0 N–H and O–H groups in total. The van der Waals surface area contributed by atoms with E-state index < -0.39 is 8.07 Å². The van der Waals surface area contributed by atoms with Gasteiger partial charge in [-0.15, -0.1) is 0 Å². The van der Waals surface area contributed by atoms with Crippen LogP contribution in [0.1, 0.15) is 11.1 Å². The Labute approximate surface area is 168 Å². The van der Waals surface area contributed by atoms with E-state index in [0.29, 0.717) is 0 Å². The van der Waals surface area contributed by atoms with Crippen LogP contribution in [-0.2, 0) is 0 Å². The molecule has 0 radical (unpaired) electrons. The number of fused-ring (bicyclic) bond motifs is 1. The molecule has 140 valence electrons. The zero-order valence-electron chi connectivity index (χ0n) is 17.2. The molecule has 0 fully saturated rings. The SMILES string of the molecule is Cc1cc(C)cc(-c2cc(-c3ccncc3)c3cc([Si](C)(C)C)ccc3n2)c1. The minimum Gasteiger partial charge on any atom is -0.265 e. The Balaban J connectivity index is 2.02. The van der Waals surface area contributed by atoms with E-state index in [2.05, 4.69) is 93.1 Å². The maximum atomic E-state index is 5.04. The molecule has 4 aromatic rings. The monoisotopic (exact) mass is 382 g/mol. The van der Waals surface area contributed by atoms with Crippen LogP contribution in [0.25, 0.3) is 33.3 Å². The van der Waals surface area contributed by atoms with Crippen LogP contribution in [0.2, 0.25) is 19.6 Å². The van der Waals surface area contributed by atoms with Crippen LogP contribution in [0, 0.1) is 13.8 Å². The molecule has 0 aliphatic rings. The van der Waals surface area contributed by atoms with Crippen LogP contribution < -0.4 is 5.19 Å². The van der Waals surface area contributed by atoms with Crippen molar-refractivity contribution in [3.8, 4) is 22.4 Å². The third-order valence-electron chi connectivity index (χ3n) is 5.18. The summed E-state index contributed by atoms with van der Waals surface area (Å²) in [6.07, 6.45) is 3.72. The summed E-state index contributed by atoms with van der Waals surface area (Å²) >= 11 is 0. The highest BCUT2D eigenvalue weighted by atomic mass is 28.3. The lowest BCUT2D eigenvalue weighted by Crippen LogP contribution is -2.37. The topological polar surface area (TPSA) is 25.8 Å². The Morgan fingerprint density at radius 1 is 0.714 bits per heavy atom. The number of pyridine rings is 2.